The van der Waals surface area contributed by atoms with E-state index in [1.165, 1.54) is 0 Å². The summed E-state index contributed by atoms with van der Waals surface area (Å²) < 4.78 is 82.8. The summed E-state index contributed by atoms with van der Waals surface area (Å²) >= 11 is 0. The Morgan fingerprint density at radius 2 is 1.86 bits per heavy atom. The quantitative estimate of drug-likeness (QED) is 0.683. The van der Waals surface area contributed by atoms with E-state index in [-0.39, 0.29) is 6.20 Å². The summed E-state index contributed by atoms with van der Waals surface area (Å²) in [6.07, 6.45) is -10.3. The van der Waals surface area contributed by atoms with Crippen molar-refractivity contribution in [1.29, 1.82) is 0 Å². The molecule has 0 atom stereocenters. The minimum atomic E-state index is -5.33. The van der Waals surface area contributed by atoms with Crippen LogP contribution in [0, 0.1) is 0 Å². The van der Waals surface area contributed by atoms with E-state index in [0.29, 0.717) is 7.11 Å². The zero-order chi connectivity index (χ0) is 16.4. The Kier molecular flexibility index (Phi) is 4.66. The number of rotatable bonds is 3. The minimum Gasteiger partial charge on any atom is -0.465 e. The van der Waals surface area contributed by atoms with Crippen molar-refractivity contribution in [3.05, 3.63) is 23.0 Å². The predicted molar refractivity (Wildman–Crippen MR) is 55.2 cm³/mol. The highest BCUT2D eigenvalue weighted by Gasteiger charge is 2.42. The molecule has 118 valence electrons. The maximum atomic E-state index is 12.8. The van der Waals surface area contributed by atoms with Gasteiger partial charge in [-0.2, -0.15) is 13.2 Å². The zero-order valence-electron chi connectivity index (χ0n) is 10.3. The predicted octanol–water partition coefficient (Wildman–Crippen LogP) is 2.24. The largest absolute Gasteiger partial charge is 0.573 e. The summed E-state index contributed by atoms with van der Waals surface area (Å²) in [6, 6.07) is 0. The molecule has 0 fully saturated rings. The molecule has 5 nitrogen and oxygen atoms in total. The van der Waals surface area contributed by atoms with Crippen LogP contribution in [0.5, 0.6) is 5.75 Å². The van der Waals surface area contributed by atoms with Gasteiger partial charge in [-0.05, 0) is 0 Å². The second-order valence-corrected chi connectivity index (χ2v) is 3.56. The number of nitrogens with two attached hydrogens (primary N) is 1. The van der Waals surface area contributed by atoms with Crippen molar-refractivity contribution in [2.45, 2.75) is 19.1 Å². The van der Waals surface area contributed by atoms with E-state index < -0.39 is 47.6 Å². The van der Waals surface area contributed by atoms with Crippen molar-refractivity contribution in [1.82, 2.24) is 4.98 Å². The van der Waals surface area contributed by atoms with Gasteiger partial charge in [0.05, 0.1) is 18.4 Å². The van der Waals surface area contributed by atoms with E-state index in [2.05, 4.69) is 14.5 Å². The average Bonchev–Trinajstić information content (AvgIpc) is 2.34. The van der Waals surface area contributed by atoms with Crippen molar-refractivity contribution in [3.63, 3.8) is 0 Å². The van der Waals surface area contributed by atoms with E-state index in [4.69, 9.17) is 5.73 Å². The number of methoxy groups -OCH3 is 1. The molecule has 0 saturated carbocycles. The molecule has 0 saturated heterocycles. The van der Waals surface area contributed by atoms with E-state index >= 15 is 0 Å². The van der Waals surface area contributed by atoms with Gasteiger partial charge < -0.3 is 15.2 Å². The summed E-state index contributed by atoms with van der Waals surface area (Å²) in [4.78, 5) is 14.6. The molecule has 1 rings (SSSR count). The molecule has 1 aromatic rings. The monoisotopic (exact) mass is 318 g/mol. The van der Waals surface area contributed by atoms with Gasteiger partial charge in [0.1, 0.15) is 5.56 Å². The fourth-order valence-electron chi connectivity index (χ4n) is 1.42. The van der Waals surface area contributed by atoms with Crippen LogP contribution in [0.4, 0.5) is 26.3 Å². The first-order valence-electron chi connectivity index (χ1n) is 5.14. The van der Waals surface area contributed by atoms with Crippen molar-refractivity contribution in [2.75, 3.05) is 7.11 Å². The molecule has 1 heterocycles. The van der Waals surface area contributed by atoms with E-state index in [0.717, 1.165) is 0 Å². The number of hydrogen-bond donors (Lipinski definition) is 1. The first-order chi connectivity index (χ1) is 9.51. The number of ether oxygens (including phenoxy) is 2. The molecule has 0 spiro atoms. The summed E-state index contributed by atoms with van der Waals surface area (Å²) in [7, 11) is 0.711. The van der Waals surface area contributed by atoms with Gasteiger partial charge in [0.25, 0.3) is 0 Å². The number of carbonyl (C=O) groups excluding carboxylic acids is 1. The van der Waals surface area contributed by atoms with Crippen LogP contribution >= 0.6 is 0 Å². The van der Waals surface area contributed by atoms with E-state index in [1.807, 2.05) is 0 Å². The van der Waals surface area contributed by atoms with Gasteiger partial charge in [-0.3, -0.25) is 4.98 Å². The Morgan fingerprint density at radius 3 is 2.24 bits per heavy atom. The second kappa shape index (κ2) is 5.76. The van der Waals surface area contributed by atoms with Crippen LogP contribution in [0.1, 0.15) is 21.6 Å². The molecule has 0 aliphatic rings. The van der Waals surface area contributed by atoms with Gasteiger partial charge in [0.2, 0.25) is 0 Å². The summed E-state index contributed by atoms with van der Waals surface area (Å²) in [6.45, 7) is -0.673. The standard InChI is InChI=1S/C10H8F6N2O3/c1-20-8(19)6-4(9(11,12)13)3-18-5(2-17)7(6)21-10(14,15)16/h3H,2,17H2,1H3. The first kappa shape index (κ1) is 17.0. The van der Waals surface area contributed by atoms with Crippen molar-refractivity contribution < 1.29 is 40.6 Å². The van der Waals surface area contributed by atoms with Crippen LogP contribution in [0.15, 0.2) is 6.20 Å². The molecular formula is C10H8F6N2O3. The Morgan fingerprint density at radius 1 is 1.29 bits per heavy atom. The number of esters is 1. The van der Waals surface area contributed by atoms with Gasteiger partial charge in [0.15, 0.2) is 5.75 Å². The normalized spacial score (nSPS) is 12.2. The number of carbonyl (C=O) groups is 1. The molecular weight excluding hydrogens is 310 g/mol. The Balaban J connectivity index is 3.66. The van der Waals surface area contributed by atoms with Gasteiger partial charge in [-0.15, -0.1) is 13.2 Å². The number of alkyl halides is 6. The summed E-state index contributed by atoms with van der Waals surface area (Å²) in [5.74, 6) is -3.08. The van der Waals surface area contributed by atoms with Crippen LogP contribution in [-0.2, 0) is 17.5 Å². The maximum Gasteiger partial charge on any atom is 0.573 e. The highest BCUT2D eigenvalue weighted by Crippen LogP contribution is 2.39. The van der Waals surface area contributed by atoms with Crippen molar-refractivity contribution in [2.24, 2.45) is 5.73 Å². The molecule has 0 bridgehead atoms. The number of halogens is 6. The Bertz CT molecular complexity index is 541. The van der Waals surface area contributed by atoms with Crippen LogP contribution in [0.2, 0.25) is 0 Å². The molecule has 1 aromatic heterocycles. The topological polar surface area (TPSA) is 74.4 Å². The zero-order valence-corrected chi connectivity index (χ0v) is 10.3. The first-order valence-corrected chi connectivity index (χ1v) is 5.14. The van der Waals surface area contributed by atoms with Crippen LogP contribution in [0.25, 0.3) is 0 Å². The molecule has 0 aliphatic carbocycles. The van der Waals surface area contributed by atoms with Crippen LogP contribution in [0.3, 0.4) is 0 Å². The lowest BCUT2D eigenvalue weighted by molar-refractivity contribution is -0.275. The lowest BCUT2D eigenvalue weighted by atomic mass is 10.1. The van der Waals surface area contributed by atoms with Crippen molar-refractivity contribution in [3.8, 4) is 5.75 Å². The second-order valence-electron chi connectivity index (χ2n) is 3.56. The maximum absolute atomic E-state index is 12.8. The number of pyridine rings is 1. The van der Waals surface area contributed by atoms with Gasteiger partial charge in [-0.25, -0.2) is 4.79 Å². The molecule has 11 heteroatoms. The Hall–Kier alpha value is -2.04. The number of hydrogen-bond acceptors (Lipinski definition) is 5. The lowest BCUT2D eigenvalue weighted by Crippen LogP contribution is -2.24. The minimum absolute atomic E-state index is 0.192. The smallest absolute Gasteiger partial charge is 0.465 e. The fraction of sp³-hybridized carbons (Fsp3) is 0.400. The highest BCUT2D eigenvalue weighted by molar-refractivity contribution is 5.94. The van der Waals surface area contributed by atoms with Gasteiger partial charge >= 0.3 is 18.5 Å². The molecule has 2 N–H and O–H groups in total. The highest BCUT2D eigenvalue weighted by atomic mass is 19.4. The van der Waals surface area contributed by atoms with Crippen molar-refractivity contribution >= 4 is 5.97 Å². The van der Waals surface area contributed by atoms with Crippen LogP contribution < -0.4 is 10.5 Å². The summed E-state index contributed by atoms with van der Waals surface area (Å²) in [5, 5.41) is 0. The van der Waals surface area contributed by atoms with Gasteiger partial charge in [0, 0.05) is 12.7 Å². The van der Waals surface area contributed by atoms with E-state index in [1.54, 1.807) is 0 Å². The number of aromatic nitrogens is 1. The third-order valence-corrected chi connectivity index (χ3v) is 2.21. The number of nitrogens with zero attached hydrogens (tertiary/aromatic N) is 1. The summed E-state index contributed by atoms with van der Waals surface area (Å²) in [5.41, 5.74) is 1.28. The van der Waals surface area contributed by atoms with E-state index in [9.17, 15) is 31.1 Å². The SMILES string of the molecule is COC(=O)c1c(C(F)(F)F)cnc(CN)c1OC(F)(F)F. The molecule has 21 heavy (non-hydrogen) atoms. The lowest BCUT2D eigenvalue weighted by Gasteiger charge is -2.18. The molecule has 0 aliphatic heterocycles. The third-order valence-electron chi connectivity index (χ3n) is 2.21. The molecule has 0 radical (unpaired) electrons. The fourth-order valence-corrected chi connectivity index (χ4v) is 1.42. The average molecular weight is 318 g/mol. The molecule has 0 aromatic carbocycles. The Labute approximate surface area is 113 Å². The molecule has 0 unspecified atom stereocenters. The van der Waals surface area contributed by atoms with Gasteiger partial charge in [-0.1, -0.05) is 0 Å². The van der Waals surface area contributed by atoms with Crippen LogP contribution in [-0.4, -0.2) is 24.4 Å². The third kappa shape index (κ3) is 3.97. The molecule has 0 amide bonds.